The van der Waals surface area contributed by atoms with Crippen molar-refractivity contribution in [1.82, 2.24) is 5.32 Å². The fraction of sp³-hybridized carbons (Fsp3) is 0.400. The van der Waals surface area contributed by atoms with Gasteiger partial charge in [0, 0.05) is 13.2 Å². The van der Waals surface area contributed by atoms with Crippen molar-refractivity contribution in [3.63, 3.8) is 0 Å². The Morgan fingerprint density at radius 3 is 2.27 bits per heavy atom. The van der Waals surface area contributed by atoms with E-state index in [1.807, 2.05) is 0 Å². The zero-order valence-corrected chi connectivity index (χ0v) is 7.08. The van der Waals surface area contributed by atoms with Crippen LogP contribution in [-0.4, -0.2) is 19.0 Å². The summed E-state index contributed by atoms with van der Waals surface area (Å²) in [4.78, 5) is 10.3. The normalized spacial score (nSPS) is 13.0. The first-order valence-electron chi connectivity index (χ1n) is 2.54. The molecule has 64 valence electrons. The van der Waals surface area contributed by atoms with Crippen LogP contribution in [0, 0.1) is 0 Å². The van der Waals surface area contributed by atoms with E-state index in [0.29, 0.717) is 0 Å². The lowest BCUT2D eigenvalue weighted by atomic mass is 10.4. The predicted octanol–water partition coefficient (Wildman–Crippen LogP) is 1.57. The monoisotopic (exact) mass is 231 g/mol. The lowest BCUT2D eigenvalue weighted by Gasteiger charge is -2.02. The summed E-state index contributed by atoms with van der Waals surface area (Å²) in [5.74, 6) is -1.90. The number of halogens is 4. The second kappa shape index (κ2) is 3.75. The maximum absolute atomic E-state index is 11.6. The van der Waals surface area contributed by atoms with E-state index in [1.54, 1.807) is 0 Å². The van der Waals surface area contributed by atoms with E-state index in [4.69, 9.17) is 0 Å². The Hall–Kier alpha value is -0.520. The van der Waals surface area contributed by atoms with Crippen molar-refractivity contribution in [3.8, 4) is 0 Å². The minimum atomic E-state index is -4.81. The van der Waals surface area contributed by atoms with Gasteiger partial charge in [-0.25, -0.2) is 0 Å². The minimum Gasteiger partial charge on any atom is -0.393 e. The Balaban J connectivity index is 4.39. The number of Topliss-reactive ketones (excluding diaryl/α,β-unsaturated/α-hetero) is 1. The quantitative estimate of drug-likeness (QED) is 0.732. The number of hydrogen-bond donors (Lipinski definition) is 1. The SMILES string of the molecule is CNC=C(Br)C(=O)C(F)(F)F. The van der Waals surface area contributed by atoms with Crippen molar-refractivity contribution in [1.29, 1.82) is 0 Å². The van der Waals surface area contributed by atoms with E-state index < -0.39 is 16.4 Å². The lowest BCUT2D eigenvalue weighted by Crippen LogP contribution is -2.23. The number of hydrogen-bond acceptors (Lipinski definition) is 2. The van der Waals surface area contributed by atoms with Crippen molar-refractivity contribution in [3.05, 3.63) is 10.7 Å². The van der Waals surface area contributed by atoms with Crippen molar-refractivity contribution in [2.24, 2.45) is 0 Å². The summed E-state index contributed by atoms with van der Waals surface area (Å²) < 4.78 is 34.2. The summed E-state index contributed by atoms with van der Waals surface area (Å²) >= 11 is 2.47. The van der Waals surface area contributed by atoms with E-state index in [2.05, 4.69) is 21.2 Å². The molecular formula is C5H5BrF3NO. The second-order valence-electron chi connectivity index (χ2n) is 1.61. The third-order valence-corrected chi connectivity index (χ3v) is 1.33. The van der Waals surface area contributed by atoms with Gasteiger partial charge < -0.3 is 5.32 Å². The van der Waals surface area contributed by atoms with Crippen molar-refractivity contribution in [2.75, 3.05) is 7.05 Å². The largest absolute Gasteiger partial charge is 0.455 e. The third kappa shape index (κ3) is 3.41. The third-order valence-electron chi connectivity index (χ3n) is 0.745. The van der Waals surface area contributed by atoms with Gasteiger partial charge in [0.2, 0.25) is 0 Å². The summed E-state index contributed by atoms with van der Waals surface area (Å²) in [5, 5.41) is 2.29. The first-order valence-corrected chi connectivity index (χ1v) is 3.33. The Morgan fingerprint density at radius 2 is 2.00 bits per heavy atom. The Kier molecular flexibility index (Phi) is 3.57. The minimum absolute atomic E-state index is 0.535. The van der Waals surface area contributed by atoms with Gasteiger partial charge in [-0.05, 0) is 15.9 Å². The van der Waals surface area contributed by atoms with E-state index in [9.17, 15) is 18.0 Å². The summed E-state index contributed by atoms with van der Waals surface area (Å²) in [6.45, 7) is 0. The van der Waals surface area contributed by atoms with Gasteiger partial charge in [-0.3, -0.25) is 4.79 Å². The van der Waals surface area contributed by atoms with E-state index in [0.717, 1.165) is 6.20 Å². The molecule has 2 nitrogen and oxygen atoms in total. The molecule has 0 saturated carbocycles. The maximum Gasteiger partial charge on any atom is 0.455 e. The maximum atomic E-state index is 11.6. The molecule has 0 amide bonds. The van der Waals surface area contributed by atoms with Crippen LogP contribution in [0.2, 0.25) is 0 Å². The van der Waals surface area contributed by atoms with Crippen molar-refractivity contribution >= 4 is 21.7 Å². The predicted molar refractivity (Wildman–Crippen MR) is 37.1 cm³/mol. The highest BCUT2D eigenvalue weighted by atomic mass is 79.9. The van der Waals surface area contributed by atoms with Crippen LogP contribution in [0.25, 0.3) is 0 Å². The highest BCUT2D eigenvalue weighted by Gasteiger charge is 2.39. The van der Waals surface area contributed by atoms with Crippen LogP contribution in [0.5, 0.6) is 0 Å². The molecule has 11 heavy (non-hydrogen) atoms. The van der Waals surface area contributed by atoms with Gasteiger partial charge in [0.15, 0.2) is 0 Å². The van der Waals surface area contributed by atoms with Crippen molar-refractivity contribution in [2.45, 2.75) is 6.18 Å². The molecule has 0 rings (SSSR count). The van der Waals surface area contributed by atoms with Crippen LogP contribution < -0.4 is 5.32 Å². The Morgan fingerprint density at radius 1 is 1.55 bits per heavy atom. The lowest BCUT2D eigenvalue weighted by molar-refractivity contribution is -0.165. The molecule has 6 heteroatoms. The highest BCUT2D eigenvalue weighted by molar-refractivity contribution is 9.12. The molecule has 0 aromatic heterocycles. The fourth-order valence-electron chi connectivity index (χ4n) is 0.328. The van der Waals surface area contributed by atoms with Gasteiger partial charge in [0.25, 0.3) is 5.78 Å². The van der Waals surface area contributed by atoms with E-state index >= 15 is 0 Å². The van der Waals surface area contributed by atoms with Gasteiger partial charge in [0.1, 0.15) is 0 Å². The molecule has 0 bridgehead atoms. The number of alkyl halides is 3. The van der Waals surface area contributed by atoms with Crippen LogP contribution in [0.1, 0.15) is 0 Å². The van der Waals surface area contributed by atoms with Gasteiger partial charge >= 0.3 is 6.18 Å². The molecule has 0 aliphatic carbocycles. The Bertz CT molecular complexity index is 187. The molecule has 0 aliphatic heterocycles. The number of allylic oxidation sites excluding steroid dienone is 1. The average molecular weight is 232 g/mol. The van der Waals surface area contributed by atoms with Gasteiger partial charge in [0.05, 0.1) is 4.48 Å². The molecule has 0 heterocycles. The summed E-state index contributed by atoms with van der Waals surface area (Å²) in [7, 11) is 1.39. The molecule has 0 aromatic rings. The van der Waals surface area contributed by atoms with Gasteiger partial charge in [-0.2, -0.15) is 13.2 Å². The average Bonchev–Trinajstić information content (AvgIpc) is 1.85. The van der Waals surface area contributed by atoms with Crippen LogP contribution >= 0.6 is 15.9 Å². The molecule has 0 saturated heterocycles. The molecule has 0 aliphatic rings. The number of rotatable bonds is 2. The molecule has 0 atom stereocenters. The standard InChI is InChI=1S/C5H5BrF3NO/c1-10-2-3(6)4(11)5(7,8)9/h2,10H,1H3. The molecular weight excluding hydrogens is 227 g/mol. The molecule has 0 spiro atoms. The zero-order valence-electron chi connectivity index (χ0n) is 5.50. The van der Waals surface area contributed by atoms with Gasteiger partial charge in [-0.15, -0.1) is 0 Å². The van der Waals surface area contributed by atoms with E-state index in [-0.39, 0.29) is 0 Å². The molecule has 0 radical (unpaired) electrons. The smallest absolute Gasteiger partial charge is 0.393 e. The molecule has 0 unspecified atom stereocenters. The molecule has 1 N–H and O–H groups in total. The zero-order chi connectivity index (χ0) is 9.07. The highest BCUT2D eigenvalue weighted by Crippen LogP contribution is 2.22. The number of carbonyl (C=O) groups is 1. The number of nitrogens with one attached hydrogen (secondary N) is 1. The van der Waals surface area contributed by atoms with Crippen molar-refractivity contribution < 1.29 is 18.0 Å². The van der Waals surface area contributed by atoms with Crippen LogP contribution in [0.15, 0.2) is 10.7 Å². The van der Waals surface area contributed by atoms with Gasteiger partial charge in [-0.1, -0.05) is 0 Å². The van der Waals surface area contributed by atoms with Crippen LogP contribution in [0.3, 0.4) is 0 Å². The summed E-state index contributed by atoms with van der Waals surface area (Å²) in [5.41, 5.74) is 0. The molecule has 0 aromatic carbocycles. The fourth-order valence-corrected chi connectivity index (χ4v) is 0.781. The van der Waals surface area contributed by atoms with Crippen LogP contribution in [-0.2, 0) is 4.79 Å². The first kappa shape index (κ1) is 10.5. The number of ketones is 1. The van der Waals surface area contributed by atoms with E-state index in [1.165, 1.54) is 7.05 Å². The van der Waals surface area contributed by atoms with Crippen LogP contribution in [0.4, 0.5) is 13.2 Å². The summed E-state index contributed by atoms with van der Waals surface area (Å²) in [6, 6.07) is 0. The summed E-state index contributed by atoms with van der Waals surface area (Å²) in [6.07, 6.45) is -3.89. The second-order valence-corrected chi connectivity index (χ2v) is 2.46. The number of carbonyl (C=O) groups excluding carboxylic acids is 1. The topological polar surface area (TPSA) is 29.1 Å². The first-order chi connectivity index (χ1) is 4.89. The molecule has 0 fully saturated rings. The Labute approximate surface area is 69.6 Å².